The number of hydrogen-bond donors (Lipinski definition) is 10. The summed E-state index contributed by atoms with van der Waals surface area (Å²) in [5, 5.41) is 13.6. The molecule has 0 aliphatic heterocycles. The van der Waals surface area contributed by atoms with E-state index in [1.807, 2.05) is 70.2 Å². The number of halogens is 2. The van der Waals surface area contributed by atoms with Crippen molar-refractivity contribution in [2.24, 2.45) is 0 Å². The summed E-state index contributed by atoms with van der Waals surface area (Å²) < 4.78 is 75.6. The largest absolute Gasteiger partial charge is 0.496 e. The predicted octanol–water partition coefficient (Wildman–Crippen LogP) is 15.1. The van der Waals surface area contributed by atoms with Gasteiger partial charge in [-0.05, 0) is 111 Å². The number of aromatic nitrogens is 8. The van der Waals surface area contributed by atoms with Crippen LogP contribution < -0.4 is 67.9 Å². The highest BCUT2D eigenvalue weighted by Crippen LogP contribution is 2.41. The first-order chi connectivity index (χ1) is 55.7. The van der Waals surface area contributed by atoms with Crippen LogP contribution in [0.5, 0.6) is 28.7 Å². The third-order valence-electron chi connectivity index (χ3n) is 18.4. The van der Waals surface area contributed by atoms with Crippen molar-refractivity contribution >= 4 is 67.2 Å². The summed E-state index contributed by atoms with van der Waals surface area (Å²) >= 11 is 0. The monoisotopic (exact) mass is 1630 g/mol. The summed E-state index contributed by atoms with van der Waals surface area (Å²) in [7, 11) is 0.648. The van der Waals surface area contributed by atoms with Crippen molar-refractivity contribution in [3.63, 3.8) is 0 Å². The zero-order valence-electron chi connectivity index (χ0n) is 69.9. The highest BCUT2D eigenvalue weighted by atomic mass is 31.2. The van der Waals surface area contributed by atoms with E-state index in [1.165, 1.54) is 32.8 Å². The van der Waals surface area contributed by atoms with E-state index in [-0.39, 0.29) is 50.1 Å². The summed E-state index contributed by atoms with van der Waals surface area (Å²) in [6, 6.07) is 24.6. The maximum Gasteiger partial charge on any atom is 0.329 e. The molecule has 4 aromatic heterocycles. The summed E-state index contributed by atoms with van der Waals surface area (Å²) in [5.41, 5.74) is 36.3. The highest BCUT2D eigenvalue weighted by Gasteiger charge is 2.27. The van der Waals surface area contributed by atoms with Gasteiger partial charge < -0.3 is 91.9 Å². The maximum absolute atomic E-state index is 12.9. The number of nitrogens with one attached hydrogen (secondary N) is 4. The third-order valence-corrected chi connectivity index (χ3v) is 19.2. The molecule has 28 nitrogen and oxygen atoms in total. The van der Waals surface area contributed by atoms with E-state index >= 15 is 0 Å². The molecule has 0 bridgehead atoms. The topological polar surface area (TPSA) is 412 Å². The number of carbonyl (C=O) groups is 2. The molecule has 0 aliphatic carbocycles. The summed E-state index contributed by atoms with van der Waals surface area (Å²) in [6.45, 7) is 23.7. The smallest absolute Gasteiger partial charge is 0.329 e. The van der Waals surface area contributed by atoms with Crippen LogP contribution in [0.2, 0.25) is 0 Å². The fourth-order valence-electron chi connectivity index (χ4n) is 12.1. The Morgan fingerprint density at radius 1 is 0.422 bits per heavy atom. The normalized spacial score (nSPS) is 11.1. The number of benzene rings is 4. The number of aryl methyl sites for hydroxylation is 4. The molecule has 14 N–H and O–H groups in total. The van der Waals surface area contributed by atoms with Crippen molar-refractivity contribution < 1.29 is 65.9 Å². The molecule has 636 valence electrons. The van der Waals surface area contributed by atoms with Crippen LogP contribution in [0.3, 0.4) is 0 Å². The number of carbonyl (C=O) groups excluding carboxylic acids is 2. The van der Waals surface area contributed by atoms with Gasteiger partial charge >= 0.3 is 13.5 Å². The summed E-state index contributed by atoms with van der Waals surface area (Å²) in [5.74, 6) is 4.04. The van der Waals surface area contributed by atoms with Crippen molar-refractivity contribution in [1.82, 2.24) is 39.9 Å². The van der Waals surface area contributed by atoms with Gasteiger partial charge in [0.2, 0.25) is 23.8 Å². The van der Waals surface area contributed by atoms with Crippen LogP contribution in [-0.2, 0) is 61.9 Å². The van der Waals surface area contributed by atoms with E-state index in [0.717, 1.165) is 205 Å². The molecule has 0 aliphatic rings. The Morgan fingerprint density at radius 3 is 1.09 bits per heavy atom. The molecule has 116 heavy (non-hydrogen) atoms. The standard InChI is InChI=1S/C24H34F2N4O4.C23H36N4O3.C19H29N4O4P.C19H26N4O/c1-4-5-6-10-28-22-20(17(2)29-23(27)30-22)14-18-7-8-19(15-21(18)32-3)34-13-12-33-11-9-24(25,26)16-31;1-5-7-8-11-25-22-20(17(3)26-23(24)27-22)15-18-9-10-19(16-21(18)28-4)30-14-13-29-12-6-2;1-4-5-6-9-21-18-16(13(2)22-19(20)23-18)11-15-8-7-14(10-17(15)27-3)12-28(24,25)26;1-3-4-5-11-21-18-17(14(2)22-19(20)23-18)13-16-8-6-15(7-9-16)10-12-24/h7-8,15-16H,4-6,9-14H2,1-3H3,(H3,27,28,29,30);9-10,16H,5-8,11-15H2,1-4H3,(H3,24,25,26,27);7-8,10H,4-6,9,11-12H2,1-3H3,(H2,24,25,26)(H3,20,21,22,23);6-9,12H,3-5,10-11,13H2,1-2H3,(H3,20,21,22,23). The number of alkyl halides is 2. The fourth-order valence-corrected chi connectivity index (χ4v) is 12.8. The van der Waals surface area contributed by atoms with E-state index in [1.54, 1.807) is 38.5 Å². The van der Waals surface area contributed by atoms with E-state index in [0.29, 0.717) is 73.5 Å². The van der Waals surface area contributed by atoms with E-state index in [4.69, 9.17) is 56.1 Å². The van der Waals surface area contributed by atoms with Gasteiger partial charge in [-0.3, -0.25) is 9.36 Å². The Hall–Kier alpha value is -10.1. The lowest BCUT2D eigenvalue weighted by molar-refractivity contribution is -0.131. The Labute approximate surface area is 683 Å². The second-order valence-corrected chi connectivity index (χ2v) is 29.5. The molecule has 0 saturated carbocycles. The zero-order valence-corrected chi connectivity index (χ0v) is 70.8. The van der Waals surface area contributed by atoms with Crippen LogP contribution in [0.15, 0.2) is 78.9 Å². The van der Waals surface area contributed by atoms with Gasteiger partial charge in [0.15, 0.2) is 6.29 Å². The van der Waals surface area contributed by atoms with Crippen molar-refractivity contribution in [1.29, 1.82) is 0 Å². The Kier molecular flexibility index (Phi) is 43.6. The number of rotatable bonds is 49. The van der Waals surface area contributed by atoms with E-state index < -0.39 is 19.9 Å². The van der Waals surface area contributed by atoms with Crippen molar-refractivity contribution in [2.75, 3.05) is 131 Å². The SMILES string of the molecule is CCCCCNc1nc(N)nc(C)c1Cc1ccc(CC=O)cc1.CCCCCNc1nc(N)nc(C)c1Cc1ccc(CP(=O)(O)O)cc1OC.CCCCCNc1nc(N)nc(C)c1Cc1ccc(OCCOCCC(F)(F)C=O)cc1OC.CCCCCNc1nc(N)nc(C)c1Cc1ccc(OCCOCCC)cc1OC. The average Bonchev–Trinajstić information content (AvgIpc) is 0.835. The number of anilines is 8. The molecule has 8 rings (SSSR count). The minimum Gasteiger partial charge on any atom is -0.496 e. The van der Waals surface area contributed by atoms with Gasteiger partial charge in [0.05, 0.1) is 47.3 Å². The van der Waals surface area contributed by atoms with E-state index in [2.05, 4.69) is 108 Å². The van der Waals surface area contributed by atoms with Crippen LogP contribution in [0, 0.1) is 27.7 Å². The molecule has 0 fully saturated rings. The third kappa shape index (κ3) is 35.1. The molecular formula is C85H125F2N16O12P. The maximum atomic E-state index is 12.9. The molecule has 0 saturated heterocycles. The van der Waals surface area contributed by atoms with Crippen molar-refractivity contribution in [2.45, 2.75) is 196 Å². The molecule has 0 unspecified atom stereocenters. The number of nitrogen functional groups attached to an aromatic ring is 4. The van der Waals surface area contributed by atoms with Crippen LogP contribution in [0.4, 0.5) is 55.8 Å². The van der Waals surface area contributed by atoms with Gasteiger partial charge in [0.1, 0.15) is 71.5 Å². The molecular weight excluding hydrogens is 1510 g/mol. The minimum atomic E-state index is -4.14. The molecule has 0 radical (unpaired) electrons. The lowest BCUT2D eigenvalue weighted by Gasteiger charge is -2.16. The molecule has 4 heterocycles. The minimum absolute atomic E-state index is 0.119. The van der Waals surface area contributed by atoms with E-state index in [9.17, 15) is 32.7 Å². The van der Waals surface area contributed by atoms with Gasteiger partial charge in [-0.15, -0.1) is 0 Å². The Bertz CT molecular complexity index is 4320. The number of aldehydes is 2. The van der Waals surface area contributed by atoms with Crippen LogP contribution in [-0.4, -0.2) is 155 Å². The van der Waals surface area contributed by atoms with Gasteiger partial charge in [-0.1, -0.05) is 135 Å². The zero-order chi connectivity index (χ0) is 84.8. The number of hydrogen-bond acceptors (Lipinski definition) is 26. The van der Waals surface area contributed by atoms with Crippen molar-refractivity contribution in [3.8, 4) is 28.7 Å². The fraction of sp³-hybridized carbons (Fsp3) is 0.506. The van der Waals surface area contributed by atoms with Crippen LogP contribution in [0.25, 0.3) is 0 Å². The first-order valence-corrected chi connectivity index (χ1v) is 41.8. The number of nitrogens with zero attached hydrogens (tertiary/aromatic N) is 8. The predicted molar refractivity (Wildman–Crippen MR) is 457 cm³/mol. The van der Waals surface area contributed by atoms with Crippen LogP contribution in [0.1, 0.15) is 203 Å². The van der Waals surface area contributed by atoms with Gasteiger partial charge in [0, 0.05) is 128 Å². The van der Waals surface area contributed by atoms with Crippen LogP contribution >= 0.6 is 7.60 Å². The second-order valence-electron chi connectivity index (χ2n) is 27.9. The molecule has 0 spiro atoms. The quantitative estimate of drug-likeness (QED) is 0.00961. The second kappa shape index (κ2) is 52.5. The van der Waals surface area contributed by atoms with Gasteiger partial charge in [0.25, 0.3) is 0 Å². The van der Waals surface area contributed by atoms with Gasteiger partial charge in [-0.25, -0.2) is 19.9 Å². The number of methoxy groups -OCH3 is 3. The molecule has 0 amide bonds. The Balaban J connectivity index is 0.000000278. The first kappa shape index (κ1) is 96.5. The summed E-state index contributed by atoms with van der Waals surface area (Å²) in [4.78, 5) is 74.0. The van der Waals surface area contributed by atoms with Crippen molar-refractivity contribution in [3.05, 3.63) is 157 Å². The van der Waals surface area contributed by atoms with Gasteiger partial charge in [-0.2, -0.15) is 28.7 Å². The Morgan fingerprint density at radius 2 is 0.759 bits per heavy atom. The molecule has 0 atom stereocenters. The highest BCUT2D eigenvalue weighted by molar-refractivity contribution is 7.50. The first-order valence-electron chi connectivity index (χ1n) is 40.0. The average molecular weight is 1630 g/mol. The number of unbranched alkanes of at least 4 members (excludes halogenated alkanes) is 8. The summed E-state index contributed by atoms with van der Waals surface area (Å²) in [6.07, 6.45) is 17.0. The lowest BCUT2D eigenvalue weighted by atomic mass is 10.0. The molecule has 4 aromatic carbocycles. The molecule has 31 heteroatoms. The molecule has 8 aromatic rings. The lowest BCUT2D eigenvalue weighted by Crippen LogP contribution is -2.21. The number of ether oxygens (including phenoxy) is 7. The number of nitrogens with two attached hydrogens (primary N) is 4.